The number of hydrogen-bond acceptors (Lipinski definition) is 1. The van der Waals surface area contributed by atoms with Crippen LogP contribution in [0.25, 0.3) is 10.9 Å². The molecule has 0 aliphatic carbocycles. The van der Waals surface area contributed by atoms with Gasteiger partial charge in [-0.25, -0.2) is 4.57 Å². The largest absolute Gasteiger partial charge is 0.256 e. The second-order valence-corrected chi connectivity index (χ2v) is 5.34. The fourth-order valence-corrected chi connectivity index (χ4v) is 2.55. The Kier molecular flexibility index (Phi) is 1.94. The zero-order valence-corrected chi connectivity index (χ0v) is 10.8. The van der Waals surface area contributed by atoms with Crippen molar-refractivity contribution in [2.75, 3.05) is 0 Å². The lowest BCUT2D eigenvalue weighted by Crippen LogP contribution is -2.28. The van der Waals surface area contributed by atoms with Gasteiger partial charge in [-0.15, -0.1) is 0 Å². The topological polar surface area (TPSA) is 16.2 Å². The maximum absolute atomic E-state index is 4.78. The maximum Gasteiger partial charge on any atom is 0.214 e. The summed E-state index contributed by atoms with van der Waals surface area (Å²) in [4.78, 5) is 4.78. The lowest BCUT2D eigenvalue weighted by Gasteiger charge is -2.19. The SMILES string of the molecule is CC1=Nc2c(ccc3c2ccc[n+]3C)C1(C)C. The molecule has 1 aromatic carbocycles. The predicted molar refractivity (Wildman–Crippen MR) is 70.9 cm³/mol. The van der Waals surface area contributed by atoms with Crippen LogP contribution in [0.4, 0.5) is 5.69 Å². The van der Waals surface area contributed by atoms with Crippen molar-refractivity contribution in [3.63, 3.8) is 0 Å². The van der Waals surface area contributed by atoms with Crippen LogP contribution in [0.2, 0.25) is 0 Å². The van der Waals surface area contributed by atoms with E-state index in [-0.39, 0.29) is 5.41 Å². The van der Waals surface area contributed by atoms with Gasteiger partial charge in [-0.1, -0.05) is 13.8 Å². The first kappa shape index (κ1) is 10.5. The van der Waals surface area contributed by atoms with Crippen LogP contribution in [0, 0.1) is 0 Å². The molecule has 2 heteroatoms. The molecule has 0 amide bonds. The van der Waals surface area contributed by atoms with Crippen LogP contribution in [0.1, 0.15) is 26.3 Å². The molecule has 0 bridgehead atoms. The third-order valence-corrected chi connectivity index (χ3v) is 4.00. The summed E-state index contributed by atoms with van der Waals surface area (Å²) in [7, 11) is 2.07. The summed E-state index contributed by atoms with van der Waals surface area (Å²) < 4.78 is 2.14. The van der Waals surface area contributed by atoms with Gasteiger partial charge in [0.1, 0.15) is 7.05 Å². The highest BCUT2D eigenvalue weighted by Gasteiger charge is 2.33. The first-order valence-corrected chi connectivity index (χ1v) is 5.99. The van der Waals surface area contributed by atoms with E-state index in [1.54, 1.807) is 0 Å². The number of benzene rings is 1. The summed E-state index contributed by atoms with van der Waals surface area (Å²) in [5.74, 6) is 0. The van der Waals surface area contributed by atoms with E-state index in [1.165, 1.54) is 22.2 Å². The molecule has 1 aliphatic rings. The molecule has 3 rings (SSSR count). The van der Waals surface area contributed by atoms with Crippen molar-refractivity contribution in [3.05, 3.63) is 36.0 Å². The zero-order chi connectivity index (χ0) is 12.2. The fraction of sp³-hybridized carbons (Fsp3) is 0.333. The second kappa shape index (κ2) is 3.16. The Labute approximate surface area is 102 Å². The molecule has 0 radical (unpaired) electrons. The van der Waals surface area contributed by atoms with Gasteiger partial charge >= 0.3 is 0 Å². The van der Waals surface area contributed by atoms with Crippen LogP contribution in [-0.4, -0.2) is 5.71 Å². The van der Waals surface area contributed by atoms with Crippen molar-refractivity contribution in [2.45, 2.75) is 26.2 Å². The molecule has 2 heterocycles. The first-order valence-electron chi connectivity index (χ1n) is 5.99. The number of hydrogen-bond donors (Lipinski definition) is 0. The van der Waals surface area contributed by atoms with E-state index in [1.807, 2.05) is 0 Å². The summed E-state index contributed by atoms with van der Waals surface area (Å²) in [6.07, 6.45) is 2.07. The Morgan fingerprint density at radius 1 is 1.18 bits per heavy atom. The molecule has 0 N–H and O–H groups in total. The Morgan fingerprint density at radius 3 is 2.71 bits per heavy atom. The summed E-state index contributed by atoms with van der Waals surface area (Å²) >= 11 is 0. The Balaban J connectivity index is 2.44. The van der Waals surface area contributed by atoms with Crippen LogP contribution >= 0.6 is 0 Å². The van der Waals surface area contributed by atoms with E-state index in [9.17, 15) is 0 Å². The van der Waals surface area contributed by atoms with E-state index in [2.05, 4.69) is 62.8 Å². The molecule has 0 saturated heterocycles. The zero-order valence-electron chi connectivity index (χ0n) is 10.8. The molecule has 0 saturated carbocycles. The molecule has 1 aliphatic heterocycles. The van der Waals surface area contributed by atoms with E-state index in [0.717, 1.165) is 5.69 Å². The fourth-order valence-electron chi connectivity index (χ4n) is 2.55. The van der Waals surface area contributed by atoms with Gasteiger partial charge in [0.05, 0.1) is 11.1 Å². The number of rotatable bonds is 0. The Bertz CT molecular complexity index is 651. The number of nitrogens with zero attached hydrogens (tertiary/aromatic N) is 2. The Morgan fingerprint density at radius 2 is 1.94 bits per heavy atom. The third-order valence-electron chi connectivity index (χ3n) is 4.00. The quantitative estimate of drug-likeness (QED) is 0.613. The van der Waals surface area contributed by atoms with Gasteiger partial charge in [0.2, 0.25) is 5.52 Å². The molecule has 0 fully saturated rings. The molecule has 17 heavy (non-hydrogen) atoms. The molecule has 0 atom stereocenters. The Hall–Kier alpha value is -1.70. The summed E-state index contributed by atoms with van der Waals surface area (Å²) in [5, 5.41) is 1.25. The van der Waals surface area contributed by atoms with Crippen LogP contribution in [0.5, 0.6) is 0 Å². The predicted octanol–water partition coefficient (Wildman–Crippen LogP) is 3.05. The van der Waals surface area contributed by atoms with E-state index in [4.69, 9.17) is 4.99 Å². The number of aryl methyl sites for hydroxylation is 1. The highest BCUT2D eigenvalue weighted by molar-refractivity contribution is 6.05. The minimum absolute atomic E-state index is 0.0674. The first-order chi connectivity index (χ1) is 8.01. The molecule has 1 aromatic heterocycles. The molecular formula is C15H17N2+. The standard InChI is InChI=1S/C15H17N2/c1-10-15(2,3)12-7-8-13-11(14(12)16-10)6-5-9-17(13)4/h5-9H,1-4H3/q+1. The molecule has 0 unspecified atom stereocenters. The van der Waals surface area contributed by atoms with E-state index >= 15 is 0 Å². The van der Waals surface area contributed by atoms with Crippen LogP contribution < -0.4 is 4.57 Å². The molecular weight excluding hydrogens is 208 g/mol. The molecule has 86 valence electrons. The third kappa shape index (κ3) is 1.27. The number of pyridine rings is 1. The van der Waals surface area contributed by atoms with E-state index in [0.29, 0.717) is 0 Å². The van der Waals surface area contributed by atoms with Crippen LogP contribution in [-0.2, 0) is 12.5 Å². The monoisotopic (exact) mass is 225 g/mol. The minimum atomic E-state index is 0.0674. The average Bonchev–Trinajstić information content (AvgIpc) is 2.52. The smallest absolute Gasteiger partial charge is 0.214 e. The second-order valence-electron chi connectivity index (χ2n) is 5.34. The summed E-state index contributed by atoms with van der Waals surface area (Å²) in [5.41, 5.74) is 5.00. The van der Waals surface area contributed by atoms with Gasteiger partial charge in [0.15, 0.2) is 6.20 Å². The van der Waals surface area contributed by atoms with Gasteiger partial charge in [0.25, 0.3) is 0 Å². The summed E-state index contributed by atoms with van der Waals surface area (Å²) in [6, 6.07) is 8.66. The number of aliphatic imine (C=N–C) groups is 1. The van der Waals surface area contributed by atoms with Gasteiger partial charge in [-0.3, -0.25) is 4.99 Å². The average molecular weight is 225 g/mol. The highest BCUT2D eigenvalue weighted by Crippen LogP contribution is 2.43. The van der Waals surface area contributed by atoms with Crippen LogP contribution in [0.3, 0.4) is 0 Å². The van der Waals surface area contributed by atoms with Gasteiger partial charge in [0, 0.05) is 23.3 Å². The van der Waals surface area contributed by atoms with Crippen molar-refractivity contribution in [1.82, 2.24) is 0 Å². The van der Waals surface area contributed by atoms with Crippen molar-refractivity contribution < 1.29 is 4.57 Å². The van der Waals surface area contributed by atoms with Crippen molar-refractivity contribution in [1.29, 1.82) is 0 Å². The highest BCUT2D eigenvalue weighted by atomic mass is 14.9. The maximum atomic E-state index is 4.78. The van der Waals surface area contributed by atoms with E-state index < -0.39 is 0 Å². The van der Waals surface area contributed by atoms with Crippen molar-refractivity contribution in [2.24, 2.45) is 12.0 Å². The van der Waals surface area contributed by atoms with Gasteiger partial charge < -0.3 is 0 Å². The van der Waals surface area contributed by atoms with Gasteiger partial charge in [-0.05, 0) is 24.6 Å². The van der Waals surface area contributed by atoms with Gasteiger partial charge in [-0.2, -0.15) is 0 Å². The number of fused-ring (bicyclic) bond motifs is 3. The lowest BCUT2D eigenvalue weighted by atomic mass is 9.82. The molecule has 2 nitrogen and oxygen atoms in total. The lowest BCUT2D eigenvalue weighted by molar-refractivity contribution is -0.644. The normalized spacial score (nSPS) is 17.1. The summed E-state index contributed by atoms with van der Waals surface area (Å²) in [6.45, 7) is 6.60. The molecule has 2 aromatic rings. The number of aromatic nitrogens is 1. The van der Waals surface area contributed by atoms with Crippen molar-refractivity contribution in [3.8, 4) is 0 Å². The van der Waals surface area contributed by atoms with Crippen LogP contribution in [0.15, 0.2) is 35.5 Å². The molecule has 0 spiro atoms. The van der Waals surface area contributed by atoms with Crippen molar-refractivity contribution >= 4 is 22.3 Å². The minimum Gasteiger partial charge on any atom is -0.256 e.